The van der Waals surface area contributed by atoms with Crippen LogP contribution in [0.4, 0.5) is 0 Å². The number of aromatic hydroxyl groups is 1. The molecule has 1 aliphatic carbocycles. The summed E-state index contributed by atoms with van der Waals surface area (Å²) in [6.07, 6.45) is 2.92. The molecule has 0 heterocycles. The van der Waals surface area contributed by atoms with Gasteiger partial charge in [0.2, 0.25) is 0 Å². The van der Waals surface area contributed by atoms with Crippen LogP contribution in [0.1, 0.15) is 29.6 Å². The molecule has 0 aliphatic heterocycles. The summed E-state index contributed by atoms with van der Waals surface area (Å²) in [6.45, 7) is 0. The zero-order valence-electron chi connectivity index (χ0n) is 8.87. The normalized spacial score (nSPS) is 17.6. The topological polar surface area (TPSA) is 49.3 Å². The van der Waals surface area contributed by atoms with Crippen molar-refractivity contribution in [1.29, 1.82) is 0 Å². The van der Waals surface area contributed by atoms with Gasteiger partial charge in [0, 0.05) is 5.88 Å². The minimum atomic E-state index is -0.263. The highest BCUT2D eigenvalue weighted by Crippen LogP contribution is 2.33. The Morgan fingerprint density at radius 2 is 2.12 bits per heavy atom. The molecule has 0 unspecified atom stereocenters. The molecule has 1 aromatic carbocycles. The molecule has 4 heteroatoms. The molecule has 16 heavy (non-hydrogen) atoms. The van der Waals surface area contributed by atoms with E-state index in [4.69, 9.17) is 11.6 Å². The van der Waals surface area contributed by atoms with E-state index in [0.717, 1.165) is 19.3 Å². The third-order valence-corrected chi connectivity index (χ3v) is 3.61. The van der Waals surface area contributed by atoms with Crippen LogP contribution < -0.4 is 5.32 Å². The number of benzene rings is 1. The minimum absolute atomic E-state index is 0.00375. The summed E-state index contributed by atoms with van der Waals surface area (Å²) in [5, 5.41) is 12.5. The number of alkyl halides is 1. The Morgan fingerprint density at radius 3 is 2.62 bits per heavy atom. The highest BCUT2D eigenvalue weighted by atomic mass is 35.5. The Balaban J connectivity index is 2.11. The number of amides is 1. The Bertz CT molecular complexity index is 396. The van der Waals surface area contributed by atoms with Gasteiger partial charge in [-0.3, -0.25) is 4.79 Å². The van der Waals surface area contributed by atoms with Gasteiger partial charge in [-0.05, 0) is 31.4 Å². The van der Waals surface area contributed by atoms with Crippen molar-refractivity contribution in [2.75, 3.05) is 5.88 Å². The Labute approximate surface area is 99.4 Å². The van der Waals surface area contributed by atoms with Crippen molar-refractivity contribution < 1.29 is 9.90 Å². The lowest BCUT2D eigenvalue weighted by Gasteiger charge is -2.41. The van der Waals surface area contributed by atoms with E-state index >= 15 is 0 Å². The largest absolute Gasteiger partial charge is 0.507 e. The smallest absolute Gasteiger partial charge is 0.255 e. The first-order chi connectivity index (χ1) is 7.67. The fourth-order valence-corrected chi connectivity index (χ4v) is 2.20. The summed E-state index contributed by atoms with van der Waals surface area (Å²) in [5.41, 5.74) is 0.0416. The van der Waals surface area contributed by atoms with E-state index in [-0.39, 0.29) is 17.2 Å². The van der Waals surface area contributed by atoms with Crippen molar-refractivity contribution in [1.82, 2.24) is 5.32 Å². The molecule has 86 valence electrons. The molecule has 0 bridgehead atoms. The van der Waals surface area contributed by atoms with Crippen molar-refractivity contribution in [2.45, 2.75) is 24.8 Å². The summed E-state index contributed by atoms with van der Waals surface area (Å²) in [4.78, 5) is 11.9. The highest BCUT2D eigenvalue weighted by Gasteiger charge is 2.37. The molecule has 1 amide bonds. The maximum absolute atomic E-state index is 11.9. The number of phenols is 1. The number of hydrogen-bond donors (Lipinski definition) is 2. The summed E-state index contributed by atoms with van der Waals surface area (Å²) in [5.74, 6) is 0.175. The number of carbonyl (C=O) groups excluding carboxylic acids is 1. The van der Waals surface area contributed by atoms with Crippen molar-refractivity contribution in [3.05, 3.63) is 29.8 Å². The molecule has 0 aromatic heterocycles. The van der Waals surface area contributed by atoms with Gasteiger partial charge >= 0.3 is 0 Å². The fourth-order valence-electron chi connectivity index (χ4n) is 1.87. The first-order valence-corrected chi connectivity index (χ1v) is 5.87. The van der Waals surface area contributed by atoms with Crippen LogP contribution in [0.15, 0.2) is 24.3 Å². The summed E-state index contributed by atoms with van der Waals surface area (Å²) in [6, 6.07) is 6.52. The predicted octanol–water partition coefficient (Wildman–Crippen LogP) is 2.28. The van der Waals surface area contributed by atoms with E-state index in [1.54, 1.807) is 18.2 Å². The van der Waals surface area contributed by atoms with Crippen LogP contribution in [0.5, 0.6) is 5.75 Å². The number of nitrogens with one attached hydrogen (secondary N) is 1. The first kappa shape index (κ1) is 11.3. The summed E-state index contributed by atoms with van der Waals surface area (Å²) < 4.78 is 0. The molecule has 2 N–H and O–H groups in total. The molecular weight excluding hydrogens is 226 g/mol. The number of phenolic OH excluding ortho intramolecular Hbond substituents is 1. The maximum atomic E-state index is 11.9. The van der Waals surface area contributed by atoms with Crippen molar-refractivity contribution in [3.63, 3.8) is 0 Å². The van der Waals surface area contributed by atoms with Crippen LogP contribution in [-0.2, 0) is 0 Å². The number of para-hydroxylation sites is 1. The van der Waals surface area contributed by atoms with Crippen LogP contribution in [0, 0.1) is 0 Å². The minimum Gasteiger partial charge on any atom is -0.507 e. The second-order valence-corrected chi connectivity index (χ2v) is 4.51. The molecule has 0 saturated heterocycles. The number of carbonyl (C=O) groups is 1. The lowest BCUT2D eigenvalue weighted by Crippen LogP contribution is -2.55. The number of halogens is 1. The Kier molecular flexibility index (Phi) is 3.06. The molecule has 0 atom stereocenters. The Hall–Kier alpha value is -1.22. The average Bonchev–Trinajstić information content (AvgIpc) is 2.24. The molecule has 3 nitrogen and oxygen atoms in total. The van der Waals surface area contributed by atoms with Crippen LogP contribution in [0.2, 0.25) is 0 Å². The van der Waals surface area contributed by atoms with Gasteiger partial charge in [-0.15, -0.1) is 11.6 Å². The third kappa shape index (κ3) is 2.00. The van der Waals surface area contributed by atoms with Gasteiger partial charge in [0.15, 0.2) is 0 Å². The monoisotopic (exact) mass is 239 g/mol. The highest BCUT2D eigenvalue weighted by molar-refractivity contribution is 6.19. The van der Waals surface area contributed by atoms with Crippen molar-refractivity contribution >= 4 is 17.5 Å². The molecule has 1 fully saturated rings. The fraction of sp³-hybridized carbons (Fsp3) is 0.417. The molecule has 0 radical (unpaired) electrons. The van der Waals surface area contributed by atoms with E-state index in [9.17, 15) is 9.90 Å². The SMILES string of the molecule is O=C(NC1(CCl)CCC1)c1ccccc1O. The molecule has 1 saturated carbocycles. The standard InChI is InChI=1S/C12H14ClNO2/c13-8-12(6-3-7-12)14-11(16)9-4-1-2-5-10(9)15/h1-2,4-5,15H,3,6-8H2,(H,14,16). The van der Waals surface area contributed by atoms with Crippen LogP contribution in [-0.4, -0.2) is 22.4 Å². The van der Waals surface area contributed by atoms with Crippen molar-refractivity contribution in [3.8, 4) is 5.75 Å². The molecular formula is C12H14ClNO2. The molecule has 2 rings (SSSR count). The molecule has 1 aliphatic rings. The van der Waals surface area contributed by atoms with Gasteiger partial charge < -0.3 is 10.4 Å². The van der Waals surface area contributed by atoms with Crippen LogP contribution in [0.3, 0.4) is 0 Å². The summed E-state index contributed by atoms with van der Waals surface area (Å²) >= 11 is 5.85. The maximum Gasteiger partial charge on any atom is 0.255 e. The second-order valence-electron chi connectivity index (χ2n) is 4.24. The number of hydrogen-bond acceptors (Lipinski definition) is 2. The quantitative estimate of drug-likeness (QED) is 0.796. The number of rotatable bonds is 3. The lowest BCUT2D eigenvalue weighted by atomic mass is 9.78. The van der Waals surface area contributed by atoms with Gasteiger partial charge in [-0.2, -0.15) is 0 Å². The van der Waals surface area contributed by atoms with E-state index in [1.165, 1.54) is 6.07 Å². The second kappa shape index (κ2) is 4.34. The Morgan fingerprint density at radius 1 is 1.44 bits per heavy atom. The molecule has 1 aromatic rings. The van der Waals surface area contributed by atoms with E-state index < -0.39 is 0 Å². The van der Waals surface area contributed by atoms with E-state index in [2.05, 4.69) is 5.32 Å². The van der Waals surface area contributed by atoms with Gasteiger partial charge in [-0.25, -0.2) is 0 Å². The van der Waals surface area contributed by atoms with Gasteiger partial charge in [-0.1, -0.05) is 12.1 Å². The van der Waals surface area contributed by atoms with Crippen LogP contribution in [0.25, 0.3) is 0 Å². The van der Waals surface area contributed by atoms with Crippen LogP contribution >= 0.6 is 11.6 Å². The first-order valence-electron chi connectivity index (χ1n) is 5.33. The molecule has 0 spiro atoms. The van der Waals surface area contributed by atoms with E-state index in [0.29, 0.717) is 11.4 Å². The third-order valence-electron chi connectivity index (χ3n) is 3.09. The van der Waals surface area contributed by atoms with Crippen molar-refractivity contribution in [2.24, 2.45) is 0 Å². The van der Waals surface area contributed by atoms with Gasteiger partial charge in [0.1, 0.15) is 5.75 Å². The predicted molar refractivity (Wildman–Crippen MR) is 62.9 cm³/mol. The lowest BCUT2D eigenvalue weighted by molar-refractivity contribution is 0.0851. The van der Waals surface area contributed by atoms with Gasteiger partial charge in [0.25, 0.3) is 5.91 Å². The zero-order valence-corrected chi connectivity index (χ0v) is 9.63. The van der Waals surface area contributed by atoms with E-state index in [1.807, 2.05) is 0 Å². The zero-order chi connectivity index (χ0) is 11.6. The van der Waals surface area contributed by atoms with Gasteiger partial charge in [0.05, 0.1) is 11.1 Å². The average molecular weight is 240 g/mol. The summed E-state index contributed by atoms with van der Waals surface area (Å²) in [7, 11) is 0.